The lowest BCUT2D eigenvalue weighted by atomic mass is 9.89. The number of halogens is 1. The highest BCUT2D eigenvalue weighted by Crippen LogP contribution is 2.29. The van der Waals surface area contributed by atoms with Gasteiger partial charge in [-0.1, -0.05) is 35.2 Å². The summed E-state index contributed by atoms with van der Waals surface area (Å²) in [5.74, 6) is 1.59. The number of hydrogen-bond donors (Lipinski definition) is 1. The number of rotatable bonds is 7. The fraction of sp³-hybridized carbons (Fsp3) is 0.680. The van der Waals surface area contributed by atoms with Crippen LogP contribution in [0.15, 0.2) is 22.7 Å². The molecule has 1 aromatic rings. The summed E-state index contributed by atoms with van der Waals surface area (Å²) < 4.78 is 6.81. The molecule has 0 aromatic heterocycles. The normalized spacial score (nSPS) is 23.9. The van der Waals surface area contributed by atoms with Crippen molar-refractivity contribution >= 4 is 27.9 Å². The largest absolute Gasteiger partial charge is 0.494 e. The third-order valence-electron chi connectivity index (χ3n) is 7.20. The van der Waals surface area contributed by atoms with E-state index in [1.54, 1.807) is 0 Å². The van der Waals surface area contributed by atoms with Crippen molar-refractivity contribution in [3.63, 3.8) is 0 Å². The van der Waals surface area contributed by atoms with Gasteiger partial charge in [0.2, 0.25) is 5.91 Å². The van der Waals surface area contributed by atoms with Gasteiger partial charge in [0.25, 0.3) is 0 Å². The van der Waals surface area contributed by atoms with Crippen LogP contribution >= 0.6 is 15.9 Å². The van der Waals surface area contributed by atoms with Crippen LogP contribution in [-0.2, 0) is 11.2 Å². The van der Waals surface area contributed by atoms with Gasteiger partial charge in [0.05, 0.1) is 12.6 Å². The molecular weight excluding hydrogens is 470 g/mol. The van der Waals surface area contributed by atoms with E-state index in [0.717, 1.165) is 74.8 Å². The van der Waals surface area contributed by atoms with E-state index in [1.165, 1.54) is 16.9 Å². The Morgan fingerprint density at radius 1 is 1.09 bits per heavy atom. The Morgan fingerprint density at radius 3 is 2.53 bits per heavy atom. The van der Waals surface area contributed by atoms with Crippen LogP contribution in [0.2, 0.25) is 0 Å². The number of carbonyl (C=O) groups excluding carboxylic acids is 2. The molecular formula is C25H36BrN3O3. The molecule has 6 nitrogen and oxygen atoms in total. The molecule has 4 rings (SSSR count). The van der Waals surface area contributed by atoms with E-state index in [-0.39, 0.29) is 24.0 Å². The number of amides is 3. The van der Waals surface area contributed by atoms with Crippen molar-refractivity contribution < 1.29 is 14.3 Å². The first-order valence-electron chi connectivity index (χ1n) is 12.3. The summed E-state index contributed by atoms with van der Waals surface area (Å²) in [6.45, 7) is 5.48. The highest BCUT2D eigenvalue weighted by atomic mass is 79.9. The molecule has 1 aliphatic carbocycles. The summed E-state index contributed by atoms with van der Waals surface area (Å²) in [4.78, 5) is 29.4. The van der Waals surface area contributed by atoms with E-state index in [0.29, 0.717) is 18.9 Å². The summed E-state index contributed by atoms with van der Waals surface area (Å²) >= 11 is 3.69. The molecule has 3 fully saturated rings. The highest BCUT2D eigenvalue weighted by molar-refractivity contribution is 9.10. The van der Waals surface area contributed by atoms with Crippen LogP contribution in [0, 0.1) is 5.92 Å². The maximum absolute atomic E-state index is 12.7. The highest BCUT2D eigenvalue weighted by Gasteiger charge is 2.37. The lowest BCUT2D eigenvalue weighted by Gasteiger charge is -2.40. The minimum Gasteiger partial charge on any atom is -0.494 e. The average molecular weight is 506 g/mol. The molecule has 1 atom stereocenters. The van der Waals surface area contributed by atoms with Crippen molar-refractivity contribution in [2.75, 3.05) is 26.2 Å². The second kappa shape index (κ2) is 11.0. The Labute approximate surface area is 200 Å². The molecule has 1 unspecified atom stereocenters. The number of piperidine rings is 1. The zero-order valence-electron chi connectivity index (χ0n) is 19.2. The molecule has 0 spiro atoms. The van der Waals surface area contributed by atoms with Gasteiger partial charge in [-0.25, -0.2) is 4.79 Å². The Morgan fingerprint density at radius 2 is 1.84 bits per heavy atom. The standard InChI is InChI=1S/C25H36BrN3O3/c1-2-32-22-8-9-23(26)19(15-22)14-18-10-12-28(13-11-18)17-20-16-24(30)29(25(31)27-20)21-6-4-3-5-7-21/h8-9,15,18,20-21H,2-7,10-14,16-17H2,1H3,(H,27,31). The van der Waals surface area contributed by atoms with Crippen molar-refractivity contribution in [2.24, 2.45) is 5.92 Å². The predicted octanol–water partition coefficient (Wildman–Crippen LogP) is 4.75. The van der Waals surface area contributed by atoms with Crippen LogP contribution in [0.25, 0.3) is 0 Å². The molecule has 2 saturated heterocycles. The van der Waals surface area contributed by atoms with Gasteiger partial charge in [-0.3, -0.25) is 9.69 Å². The fourth-order valence-electron chi connectivity index (χ4n) is 5.50. The monoisotopic (exact) mass is 505 g/mol. The minimum absolute atomic E-state index is 0.0135. The summed E-state index contributed by atoms with van der Waals surface area (Å²) in [5.41, 5.74) is 1.31. The van der Waals surface area contributed by atoms with Crippen LogP contribution in [0.5, 0.6) is 5.75 Å². The van der Waals surface area contributed by atoms with E-state index in [1.807, 2.05) is 13.0 Å². The van der Waals surface area contributed by atoms with Crippen molar-refractivity contribution in [3.05, 3.63) is 28.2 Å². The van der Waals surface area contributed by atoms with Crippen LogP contribution in [-0.4, -0.2) is 60.1 Å². The van der Waals surface area contributed by atoms with E-state index in [4.69, 9.17) is 4.74 Å². The number of nitrogens with zero attached hydrogens (tertiary/aromatic N) is 2. The smallest absolute Gasteiger partial charge is 0.324 e. The zero-order chi connectivity index (χ0) is 22.5. The van der Waals surface area contributed by atoms with Gasteiger partial charge >= 0.3 is 6.03 Å². The Bertz CT molecular complexity index is 786. The number of benzene rings is 1. The third-order valence-corrected chi connectivity index (χ3v) is 7.97. The SMILES string of the molecule is CCOc1ccc(Br)c(CC2CCN(CC3CC(=O)N(C4CCCCC4)C(=O)N3)CC2)c1. The molecule has 1 N–H and O–H groups in total. The Balaban J connectivity index is 1.24. The Hall–Kier alpha value is -1.60. The lowest BCUT2D eigenvalue weighted by molar-refractivity contribution is -0.132. The van der Waals surface area contributed by atoms with Crippen molar-refractivity contribution in [1.29, 1.82) is 0 Å². The molecule has 7 heteroatoms. The van der Waals surface area contributed by atoms with E-state index < -0.39 is 0 Å². The van der Waals surface area contributed by atoms with E-state index >= 15 is 0 Å². The maximum Gasteiger partial charge on any atom is 0.324 e. The number of carbonyl (C=O) groups is 2. The zero-order valence-corrected chi connectivity index (χ0v) is 20.7. The van der Waals surface area contributed by atoms with Gasteiger partial charge in [-0.15, -0.1) is 0 Å². The number of nitrogens with one attached hydrogen (secondary N) is 1. The first kappa shape index (κ1) is 23.6. The number of likely N-dealkylation sites (tertiary alicyclic amines) is 1. The fourth-order valence-corrected chi connectivity index (χ4v) is 5.90. The molecule has 3 amide bonds. The summed E-state index contributed by atoms with van der Waals surface area (Å²) in [6, 6.07) is 6.11. The van der Waals surface area contributed by atoms with Gasteiger partial charge in [-0.05, 0) is 81.8 Å². The quantitative estimate of drug-likeness (QED) is 0.580. The molecule has 1 aromatic carbocycles. The maximum atomic E-state index is 12.7. The molecule has 0 bridgehead atoms. The third kappa shape index (κ3) is 5.84. The molecule has 2 heterocycles. The second-order valence-electron chi connectivity index (χ2n) is 9.54. The van der Waals surface area contributed by atoms with Gasteiger partial charge in [-0.2, -0.15) is 0 Å². The number of urea groups is 1. The van der Waals surface area contributed by atoms with Gasteiger partial charge in [0, 0.05) is 23.5 Å². The van der Waals surface area contributed by atoms with Gasteiger partial charge < -0.3 is 15.0 Å². The lowest BCUT2D eigenvalue weighted by Crippen LogP contribution is -2.60. The minimum atomic E-state index is -0.174. The van der Waals surface area contributed by atoms with Crippen LogP contribution in [0.1, 0.15) is 63.9 Å². The average Bonchev–Trinajstić information content (AvgIpc) is 2.78. The molecule has 32 heavy (non-hydrogen) atoms. The summed E-state index contributed by atoms with van der Waals surface area (Å²) in [7, 11) is 0. The molecule has 3 aliphatic rings. The Kier molecular flexibility index (Phi) is 8.11. The molecule has 1 saturated carbocycles. The van der Waals surface area contributed by atoms with Crippen molar-refractivity contribution in [2.45, 2.75) is 76.8 Å². The number of ether oxygens (including phenoxy) is 1. The van der Waals surface area contributed by atoms with E-state index in [9.17, 15) is 9.59 Å². The number of hydrogen-bond acceptors (Lipinski definition) is 4. The van der Waals surface area contributed by atoms with Crippen LogP contribution in [0.4, 0.5) is 4.79 Å². The van der Waals surface area contributed by atoms with Crippen LogP contribution < -0.4 is 10.1 Å². The molecule has 176 valence electrons. The van der Waals surface area contributed by atoms with Gasteiger partial charge in [0.15, 0.2) is 0 Å². The van der Waals surface area contributed by atoms with Crippen LogP contribution in [0.3, 0.4) is 0 Å². The molecule has 2 aliphatic heterocycles. The first-order chi connectivity index (χ1) is 15.5. The summed E-state index contributed by atoms with van der Waals surface area (Å²) in [5, 5.41) is 3.12. The van der Waals surface area contributed by atoms with Gasteiger partial charge in [0.1, 0.15) is 5.75 Å². The van der Waals surface area contributed by atoms with Crippen molar-refractivity contribution in [1.82, 2.24) is 15.1 Å². The second-order valence-corrected chi connectivity index (χ2v) is 10.4. The topological polar surface area (TPSA) is 61.9 Å². The van der Waals surface area contributed by atoms with Crippen molar-refractivity contribution in [3.8, 4) is 5.75 Å². The first-order valence-corrected chi connectivity index (χ1v) is 13.1. The molecule has 0 radical (unpaired) electrons. The predicted molar refractivity (Wildman–Crippen MR) is 129 cm³/mol. The number of imide groups is 1. The summed E-state index contributed by atoms with van der Waals surface area (Å²) in [6.07, 6.45) is 9.11. The van der Waals surface area contributed by atoms with E-state index in [2.05, 4.69) is 38.3 Å².